The van der Waals surface area contributed by atoms with Crippen LogP contribution in [0.5, 0.6) is 0 Å². The number of fused-ring (bicyclic) bond motifs is 2. The highest BCUT2D eigenvalue weighted by Crippen LogP contribution is 2.36. The van der Waals surface area contributed by atoms with Gasteiger partial charge in [-0.05, 0) is 48.0 Å². The quantitative estimate of drug-likeness (QED) is 0.666. The number of hydrogen-bond donors (Lipinski definition) is 0. The summed E-state index contributed by atoms with van der Waals surface area (Å²) in [5, 5.41) is 0. The second-order valence-corrected chi connectivity index (χ2v) is 7.50. The number of likely N-dealkylation sites (tertiary alicyclic amines) is 2. The highest BCUT2D eigenvalue weighted by molar-refractivity contribution is 5.69. The molecule has 4 heteroatoms. The van der Waals surface area contributed by atoms with Crippen LogP contribution in [0.3, 0.4) is 0 Å². The molecule has 0 unspecified atom stereocenters. The maximum absolute atomic E-state index is 12.1. The van der Waals surface area contributed by atoms with Crippen molar-refractivity contribution in [3.63, 3.8) is 0 Å². The highest BCUT2D eigenvalue weighted by Gasteiger charge is 2.49. The highest BCUT2D eigenvalue weighted by atomic mass is 16.6. The van der Waals surface area contributed by atoms with E-state index >= 15 is 0 Å². The molecule has 2 atom stereocenters. The third kappa shape index (κ3) is 2.63. The molecule has 0 N–H and O–H groups in total. The van der Waals surface area contributed by atoms with Crippen LogP contribution in [-0.2, 0) is 4.74 Å². The van der Waals surface area contributed by atoms with Crippen LogP contribution in [0.2, 0.25) is 0 Å². The molecule has 0 aliphatic carbocycles. The van der Waals surface area contributed by atoms with E-state index in [1.165, 1.54) is 0 Å². The Morgan fingerprint density at radius 1 is 1.06 bits per heavy atom. The van der Waals surface area contributed by atoms with Gasteiger partial charge in [-0.1, -0.05) is 0 Å². The Labute approximate surface area is 110 Å². The van der Waals surface area contributed by atoms with E-state index in [1.807, 2.05) is 25.7 Å². The van der Waals surface area contributed by atoms with Crippen LogP contribution in [0.25, 0.3) is 0 Å². The number of hydrogen-bond acceptors (Lipinski definition) is 3. The lowest BCUT2D eigenvalue weighted by molar-refractivity contribution is 0.00292. The number of nitrogens with zero attached hydrogens (tertiary/aromatic N) is 2. The molecular formula is C14H26N2O2. The van der Waals surface area contributed by atoms with Crippen LogP contribution < -0.4 is 0 Å². The lowest BCUT2D eigenvalue weighted by Gasteiger charge is -2.42. The van der Waals surface area contributed by atoms with Crippen molar-refractivity contribution in [3.8, 4) is 0 Å². The van der Waals surface area contributed by atoms with Crippen LogP contribution in [0, 0.1) is 0 Å². The van der Waals surface area contributed by atoms with Gasteiger partial charge in [0, 0.05) is 30.7 Å². The number of carbonyl (C=O) groups excluding carboxylic acids is 1. The molecule has 2 aliphatic rings. The van der Waals surface area contributed by atoms with Gasteiger partial charge in [0.15, 0.2) is 0 Å². The molecule has 1 amide bonds. The predicted molar refractivity (Wildman–Crippen MR) is 71.6 cm³/mol. The zero-order valence-corrected chi connectivity index (χ0v) is 12.5. The third-order valence-corrected chi connectivity index (χ3v) is 3.73. The smallest absolute Gasteiger partial charge is 0.410 e. The van der Waals surface area contributed by atoms with E-state index in [0.29, 0.717) is 12.1 Å². The molecule has 2 rings (SSSR count). The maximum Gasteiger partial charge on any atom is 0.410 e. The summed E-state index contributed by atoms with van der Waals surface area (Å²) in [7, 11) is 0. The van der Waals surface area contributed by atoms with Gasteiger partial charge in [-0.15, -0.1) is 0 Å². The molecular weight excluding hydrogens is 228 g/mol. The minimum atomic E-state index is -0.400. The fraction of sp³-hybridized carbons (Fsp3) is 0.929. The van der Waals surface area contributed by atoms with Crippen molar-refractivity contribution in [1.29, 1.82) is 0 Å². The lowest BCUT2D eigenvalue weighted by Crippen LogP contribution is -2.55. The number of amides is 1. The predicted octanol–water partition coefficient (Wildman–Crippen LogP) is 2.48. The maximum atomic E-state index is 12.1. The zero-order valence-electron chi connectivity index (χ0n) is 12.5. The van der Waals surface area contributed by atoms with Gasteiger partial charge in [-0.3, -0.25) is 4.90 Å². The summed E-state index contributed by atoms with van der Waals surface area (Å²) in [6.07, 6.45) is 0.944. The van der Waals surface area contributed by atoms with Crippen molar-refractivity contribution in [2.45, 2.75) is 71.2 Å². The summed E-state index contributed by atoms with van der Waals surface area (Å²) < 4.78 is 5.46. The van der Waals surface area contributed by atoms with Crippen molar-refractivity contribution >= 4 is 6.09 Å². The first-order valence-corrected chi connectivity index (χ1v) is 6.84. The van der Waals surface area contributed by atoms with E-state index in [-0.39, 0.29) is 11.6 Å². The molecule has 18 heavy (non-hydrogen) atoms. The first kappa shape index (κ1) is 13.7. The largest absolute Gasteiger partial charge is 0.444 e. The van der Waals surface area contributed by atoms with Crippen molar-refractivity contribution < 1.29 is 9.53 Å². The number of carbonyl (C=O) groups is 1. The van der Waals surface area contributed by atoms with Crippen LogP contribution in [0.4, 0.5) is 4.79 Å². The minimum absolute atomic E-state index is 0.149. The van der Waals surface area contributed by atoms with Gasteiger partial charge in [0.2, 0.25) is 0 Å². The van der Waals surface area contributed by atoms with Gasteiger partial charge in [-0.25, -0.2) is 4.79 Å². The second-order valence-electron chi connectivity index (χ2n) is 7.50. The molecule has 0 radical (unpaired) electrons. The SMILES string of the molecule is CC(C)(C)OC(=O)N1C[C@H]2C[C@@H]1CN2C(C)(C)C. The second kappa shape index (κ2) is 4.12. The van der Waals surface area contributed by atoms with Gasteiger partial charge in [0.25, 0.3) is 0 Å². The number of piperazine rings is 1. The average Bonchev–Trinajstić information content (AvgIpc) is 2.71. The fourth-order valence-electron chi connectivity index (χ4n) is 3.03. The zero-order chi connectivity index (χ0) is 13.7. The van der Waals surface area contributed by atoms with E-state index in [9.17, 15) is 4.79 Å². The molecule has 0 saturated carbocycles. The fourth-order valence-corrected chi connectivity index (χ4v) is 3.03. The summed E-state index contributed by atoms with van der Waals surface area (Å²) in [6, 6.07) is 0.839. The first-order chi connectivity index (χ1) is 8.08. The third-order valence-electron chi connectivity index (χ3n) is 3.73. The van der Waals surface area contributed by atoms with Gasteiger partial charge < -0.3 is 9.64 Å². The molecule has 2 fully saturated rings. The molecule has 2 heterocycles. The Hall–Kier alpha value is -0.770. The Kier molecular flexibility index (Phi) is 3.13. The standard InChI is InChI=1S/C14H26N2O2/c1-13(2,3)16-9-10-7-11(16)8-15(10)12(17)18-14(4,5)6/h10-11H,7-9H2,1-6H3/t10-,11-/m1/s1. The molecule has 0 aromatic rings. The molecule has 0 aromatic carbocycles. The van der Waals surface area contributed by atoms with Crippen molar-refractivity contribution in [2.24, 2.45) is 0 Å². The molecule has 4 nitrogen and oxygen atoms in total. The molecule has 104 valence electrons. The minimum Gasteiger partial charge on any atom is -0.444 e. The van der Waals surface area contributed by atoms with Crippen LogP contribution in [0.15, 0.2) is 0 Å². The molecule has 2 saturated heterocycles. The number of rotatable bonds is 0. The lowest BCUT2D eigenvalue weighted by atomic mass is 10.0. The Bertz CT molecular complexity index is 341. The van der Waals surface area contributed by atoms with Gasteiger partial charge in [0.1, 0.15) is 5.60 Å². The Balaban J connectivity index is 1.97. The Morgan fingerprint density at radius 3 is 2.06 bits per heavy atom. The van der Waals surface area contributed by atoms with Crippen LogP contribution >= 0.6 is 0 Å². The summed E-state index contributed by atoms with van der Waals surface area (Å²) in [4.78, 5) is 16.5. The van der Waals surface area contributed by atoms with E-state index in [4.69, 9.17) is 4.74 Å². The monoisotopic (exact) mass is 254 g/mol. The van der Waals surface area contributed by atoms with Crippen molar-refractivity contribution in [2.75, 3.05) is 13.1 Å². The normalized spacial score (nSPS) is 28.9. The summed E-state index contributed by atoms with van der Waals surface area (Å²) in [5.74, 6) is 0. The Morgan fingerprint density at radius 2 is 1.67 bits per heavy atom. The van der Waals surface area contributed by atoms with E-state index in [1.54, 1.807) is 0 Å². The molecule has 2 aliphatic heterocycles. The van der Waals surface area contributed by atoms with Crippen molar-refractivity contribution in [1.82, 2.24) is 9.80 Å². The first-order valence-electron chi connectivity index (χ1n) is 6.84. The molecule has 0 aromatic heterocycles. The average molecular weight is 254 g/mol. The van der Waals surface area contributed by atoms with Crippen LogP contribution in [0.1, 0.15) is 48.0 Å². The summed E-state index contributed by atoms with van der Waals surface area (Å²) in [5.41, 5.74) is -0.206. The van der Waals surface area contributed by atoms with Crippen molar-refractivity contribution in [3.05, 3.63) is 0 Å². The van der Waals surface area contributed by atoms with E-state index < -0.39 is 5.60 Å². The van der Waals surface area contributed by atoms with Gasteiger partial charge >= 0.3 is 6.09 Å². The van der Waals surface area contributed by atoms with E-state index in [0.717, 1.165) is 19.5 Å². The summed E-state index contributed by atoms with van der Waals surface area (Å²) >= 11 is 0. The molecule has 2 bridgehead atoms. The van der Waals surface area contributed by atoms with Crippen LogP contribution in [-0.4, -0.2) is 52.2 Å². The van der Waals surface area contributed by atoms with E-state index in [2.05, 4.69) is 25.7 Å². The topological polar surface area (TPSA) is 32.8 Å². The molecule has 0 spiro atoms. The number of ether oxygens (including phenoxy) is 1. The van der Waals surface area contributed by atoms with Gasteiger partial charge in [0.05, 0.1) is 0 Å². The summed E-state index contributed by atoms with van der Waals surface area (Å²) in [6.45, 7) is 14.3. The van der Waals surface area contributed by atoms with Gasteiger partial charge in [-0.2, -0.15) is 0 Å².